The number of ether oxygens (including phenoxy) is 1. The average molecular weight is 209 g/mol. The van der Waals surface area contributed by atoms with E-state index in [0.29, 0.717) is 12.2 Å². The van der Waals surface area contributed by atoms with Crippen LogP contribution < -0.4 is 11.3 Å². The molecular formula is C10H15N3O2. The molecule has 0 aliphatic carbocycles. The van der Waals surface area contributed by atoms with E-state index < -0.39 is 0 Å². The minimum absolute atomic E-state index is 0.231. The van der Waals surface area contributed by atoms with Crippen molar-refractivity contribution < 1.29 is 4.74 Å². The van der Waals surface area contributed by atoms with Gasteiger partial charge in [0.2, 0.25) is 0 Å². The number of nitrogens with two attached hydrogens (primary N) is 1. The van der Waals surface area contributed by atoms with Crippen LogP contribution >= 0.6 is 0 Å². The standard InChI is InChI=1S/C10H15N3O2/c11-4-8-5-13(7-12-10(8)14)9-2-1-3-15-6-9/h5,7,9H,1-4,6,11H2. The fourth-order valence-electron chi connectivity index (χ4n) is 1.77. The van der Waals surface area contributed by atoms with Crippen molar-refractivity contribution in [3.8, 4) is 0 Å². The summed E-state index contributed by atoms with van der Waals surface area (Å²) in [5, 5.41) is 0. The number of nitrogens with zero attached hydrogens (tertiary/aromatic N) is 2. The molecule has 2 N–H and O–H groups in total. The fourth-order valence-corrected chi connectivity index (χ4v) is 1.77. The van der Waals surface area contributed by atoms with Crippen molar-refractivity contribution in [2.24, 2.45) is 5.73 Å². The molecule has 0 bridgehead atoms. The summed E-state index contributed by atoms with van der Waals surface area (Å²) < 4.78 is 7.32. The van der Waals surface area contributed by atoms with Crippen molar-refractivity contribution >= 4 is 0 Å². The van der Waals surface area contributed by atoms with Crippen LogP contribution in [0.1, 0.15) is 24.4 Å². The molecule has 1 saturated heterocycles. The van der Waals surface area contributed by atoms with E-state index >= 15 is 0 Å². The number of aromatic nitrogens is 2. The molecule has 1 fully saturated rings. The molecule has 0 radical (unpaired) electrons. The Morgan fingerprint density at radius 1 is 1.67 bits per heavy atom. The highest BCUT2D eigenvalue weighted by Gasteiger charge is 2.15. The molecule has 1 unspecified atom stereocenters. The molecule has 15 heavy (non-hydrogen) atoms. The lowest BCUT2D eigenvalue weighted by Crippen LogP contribution is -2.25. The van der Waals surface area contributed by atoms with Crippen molar-refractivity contribution in [2.75, 3.05) is 13.2 Å². The molecule has 1 aromatic rings. The van der Waals surface area contributed by atoms with Crippen LogP contribution in [0.15, 0.2) is 17.3 Å². The molecule has 0 aromatic carbocycles. The zero-order valence-corrected chi connectivity index (χ0v) is 8.56. The first-order valence-electron chi connectivity index (χ1n) is 5.15. The molecule has 82 valence electrons. The van der Waals surface area contributed by atoms with Gasteiger partial charge in [0.25, 0.3) is 5.56 Å². The van der Waals surface area contributed by atoms with E-state index in [4.69, 9.17) is 10.5 Å². The van der Waals surface area contributed by atoms with Gasteiger partial charge in [-0.05, 0) is 12.8 Å². The van der Waals surface area contributed by atoms with Gasteiger partial charge in [-0.1, -0.05) is 0 Å². The number of rotatable bonds is 2. The fraction of sp³-hybridized carbons (Fsp3) is 0.600. The summed E-state index contributed by atoms with van der Waals surface area (Å²) in [7, 11) is 0. The number of hydrogen-bond acceptors (Lipinski definition) is 4. The van der Waals surface area contributed by atoms with Crippen molar-refractivity contribution in [3.05, 3.63) is 28.4 Å². The lowest BCUT2D eigenvalue weighted by molar-refractivity contribution is 0.0585. The smallest absolute Gasteiger partial charge is 0.277 e. The van der Waals surface area contributed by atoms with E-state index in [1.165, 1.54) is 0 Å². The van der Waals surface area contributed by atoms with Crippen LogP contribution in [-0.4, -0.2) is 22.8 Å². The Morgan fingerprint density at radius 2 is 2.53 bits per heavy atom. The maximum atomic E-state index is 11.2. The molecule has 2 heterocycles. The summed E-state index contributed by atoms with van der Waals surface area (Å²) in [6, 6.07) is 0.289. The average Bonchev–Trinajstić information content (AvgIpc) is 2.31. The summed E-state index contributed by atoms with van der Waals surface area (Å²) in [6.07, 6.45) is 5.47. The molecule has 5 heteroatoms. The monoisotopic (exact) mass is 209 g/mol. The van der Waals surface area contributed by atoms with E-state index in [2.05, 4.69) is 4.98 Å². The Hall–Kier alpha value is -1.20. The minimum Gasteiger partial charge on any atom is -0.379 e. The molecule has 0 amide bonds. The van der Waals surface area contributed by atoms with Gasteiger partial charge in [-0.25, -0.2) is 0 Å². The third-order valence-corrected chi connectivity index (χ3v) is 2.67. The zero-order valence-electron chi connectivity index (χ0n) is 8.56. The first-order valence-corrected chi connectivity index (χ1v) is 5.15. The Morgan fingerprint density at radius 3 is 3.20 bits per heavy atom. The maximum absolute atomic E-state index is 11.2. The summed E-state index contributed by atoms with van der Waals surface area (Å²) in [5.74, 6) is 0. The molecule has 2 rings (SSSR count). The van der Waals surface area contributed by atoms with E-state index in [1.54, 1.807) is 12.5 Å². The Bertz CT molecular complexity index is 382. The summed E-state index contributed by atoms with van der Waals surface area (Å²) >= 11 is 0. The molecule has 0 spiro atoms. The molecule has 1 atom stereocenters. The summed E-state index contributed by atoms with van der Waals surface area (Å²) in [4.78, 5) is 15.0. The number of hydrogen-bond donors (Lipinski definition) is 1. The summed E-state index contributed by atoms with van der Waals surface area (Å²) in [6.45, 7) is 1.75. The highest BCUT2D eigenvalue weighted by atomic mass is 16.5. The van der Waals surface area contributed by atoms with Gasteiger partial charge in [-0.3, -0.25) is 4.79 Å². The highest BCUT2D eigenvalue weighted by molar-refractivity contribution is 5.04. The normalized spacial score (nSPS) is 21.5. The largest absolute Gasteiger partial charge is 0.379 e. The Kier molecular flexibility index (Phi) is 3.13. The third kappa shape index (κ3) is 2.24. The molecule has 1 aromatic heterocycles. The minimum atomic E-state index is -0.231. The Labute approximate surface area is 87.9 Å². The van der Waals surface area contributed by atoms with Crippen molar-refractivity contribution in [3.63, 3.8) is 0 Å². The topological polar surface area (TPSA) is 70.1 Å². The van der Waals surface area contributed by atoms with Gasteiger partial charge in [0.15, 0.2) is 0 Å². The van der Waals surface area contributed by atoms with E-state index in [-0.39, 0.29) is 18.1 Å². The molecule has 5 nitrogen and oxygen atoms in total. The molecule has 1 aliphatic rings. The van der Waals surface area contributed by atoms with Crippen LogP contribution in [0.5, 0.6) is 0 Å². The predicted molar refractivity (Wildman–Crippen MR) is 55.5 cm³/mol. The van der Waals surface area contributed by atoms with Crippen LogP contribution in [0.25, 0.3) is 0 Å². The van der Waals surface area contributed by atoms with Crippen molar-refractivity contribution in [2.45, 2.75) is 25.4 Å². The Balaban J connectivity index is 2.23. The van der Waals surface area contributed by atoms with Gasteiger partial charge in [0.05, 0.1) is 19.0 Å². The quantitative estimate of drug-likeness (QED) is 0.747. The molecule has 1 aliphatic heterocycles. The second-order valence-electron chi connectivity index (χ2n) is 3.73. The second-order valence-corrected chi connectivity index (χ2v) is 3.73. The summed E-state index contributed by atoms with van der Waals surface area (Å²) in [5.41, 5.74) is 5.79. The lowest BCUT2D eigenvalue weighted by Gasteiger charge is -2.24. The van der Waals surface area contributed by atoms with Crippen LogP contribution in [0.4, 0.5) is 0 Å². The lowest BCUT2D eigenvalue weighted by atomic mass is 10.1. The van der Waals surface area contributed by atoms with E-state index in [0.717, 1.165) is 19.4 Å². The van der Waals surface area contributed by atoms with Gasteiger partial charge in [0, 0.05) is 24.9 Å². The van der Waals surface area contributed by atoms with Crippen LogP contribution in [-0.2, 0) is 11.3 Å². The first-order chi connectivity index (χ1) is 7.31. The highest BCUT2D eigenvalue weighted by Crippen LogP contribution is 2.18. The van der Waals surface area contributed by atoms with Crippen molar-refractivity contribution in [1.29, 1.82) is 0 Å². The van der Waals surface area contributed by atoms with Crippen LogP contribution in [0, 0.1) is 0 Å². The van der Waals surface area contributed by atoms with Crippen LogP contribution in [0.2, 0.25) is 0 Å². The van der Waals surface area contributed by atoms with Crippen molar-refractivity contribution in [1.82, 2.24) is 9.55 Å². The second kappa shape index (κ2) is 4.55. The van der Waals surface area contributed by atoms with Gasteiger partial charge in [-0.15, -0.1) is 0 Å². The van der Waals surface area contributed by atoms with Gasteiger partial charge in [-0.2, -0.15) is 4.98 Å². The third-order valence-electron chi connectivity index (χ3n) is 2.67. The first kappa shape index (κ1) is 10.3. The zero-order chi connectivity index (χ0) is 10.7. The van der Waals surface area contributed by atoms with Gasteiger partial charge >= 0.3 is 0 Å². The predicted octanol–water partition coefficient (Wildman–Crippen LogP) is 0.0535. The van der Waals surface area contributed by atoms with E-state index in [9.17, 15) is 4.79 Å². The molecule has 0 saturated carbocycles. The van der Waals surface area contributed by atoms with Gasteiger partial charge in [0.1, 0.15) is 0 Å². The van der Waals surface area contributed by atoms with E-state index in [1.807, 2.05) is 4.57 Å². The maximum Gasteiger partial charge on any atom is 0.277 e. The molecular weight excluding hydrogens is 194 g/mol. The SMILES string of the molecule is NCc1cn(C2CCCOC2)cnc1=O. The van der Waals surface area contributed by atoms with Crippen LogP contribution in [0.3, 0.4) is 0 Å². The van der Waals surface area contributed by atoms with Gasteiger partial charge < -0.3 is 15.0 Å².